The molecule has 5 rings (SSSR count). The fourth-order valence-electron chi connectivity index (χ4n) is 5.49. The van der Waals surface area contributed by atoms with Crippen LogP contribution in [0.4, 0.5) is 10.6 Å². The first kappa shape index (κ1) is 29.8. The second kappa shape index (κ2) is 12.1. The molecule has 2 atom stereocenters. The van der Waals surface area contributed by atoms with Crippen LogP contribution >= 0.6 is 12.4 Å². The van der Waals surface area contributed by atoms with E-state index in [1.165, 1.54) is 4.57 Å². The number of carbonyl (C=O) groups is 2. The first-order valence-electron chi connectivity index (χ1n) is 13.6. The number of likely N-dealkylation sites (tertiary alicyclic amines) is 1. The molecule has 0 bridgehead atoms. The quantitative estimate of drug-likeness (QED) is 0.471. The first-order chi connectivity index (χ1) is 18.6. The number of hydrogen-bond acceptors (Lipinski definition) is 8. The Labute approximate surface area is 240 Å². The van der Waals surface area contributed by atoms with Crippen molar-refractivity contribution in [2.45, 2.75) is 38.3 Å². The van der Waals surface area contributed by atoms with Crippen molar-refractivity contribution in [1.82, 2.24) is 24.3 Å². The molecule has 218 valence electrons. The summed E-state index contributed by atoms with van der Waals surface area (Å²) in [6.45, 7) is 8.27. The molecule has 3 amide bonds. The molecule has 4 heterocycles. The molecule has 2 saturated heterocycles. The van der Waals surface area contributed by atoms with Crippen molar-refractivity contribution < 1.29 is 14.3 Å². The van der Waals surface area contributed by atoms with Crippen LogP contribution in [0.3, 0.4) is 0 Å². The van der Waals surface area contributed by atoms with E-state index in [2.05, 4.69) is 15.2 Å². The lowest BCUT2D eigenvalue weighted by Gasteiger charge is -2.37. The van der Waals surface area contributed by atoms with Crippen molar-refractivity contribution in [3.63, 3.8) is 0 Å². The topological polar surface area (TPSA) is 152 Å². The van der Waals surface area contributed by atoms with Crippen LogP contribution in [0.25, 0.3) is 5.69 Å². The van der Waals surface area contributed by atoms with E-state index in [4.69, 9.17) is 16.2 Å². The molecular formula is C27H39ClN8O4. The minimum atomic E-state index is -0.951. The number of aromatic nitrogens is 2. The van der Waals surface area contributed by atoms with Crippen LogP contribution in [0.2, 0.25) is 0 Å². The second-order valence-corrected chi connectivity index (χ2v) is 11.2. The number of fused-ring (bicyclic) bond motifs is 1. The molecular weight excluding hydrogens is 536 g/mol. The predicted octanol–water partition coefficient (Wildman–Crippen LogP) is 0.652. The normalized spacial score (nSPS) is 21.3. The van der Waals surface area contributed by atoms with Gasteiger partial charge in [-0.1, -0.05) is 6.07 Å². The van der Waals surface area contributed by atoms with Gasteiger partial charge in [0, 0.05) is 51.0 Å². The van der Waals surface area contributed by atoms with Gasteiger partial charge in [-0.15, -0.1) is 12.4 Å². The van der Waals surface area contributed by atoms with Gasteiger partial charge >= 0.3 is 11.7 Å². The van der Waals surface area contributed by atoms with E-state index in [0.29, 0.717) is 50.4 Å². The SMILES string of the molecule is CC(C)(N)C(=O)N1CCN(C(=O)Nc2ccn(-c3ccc4c(c3)OCC(N3CC[C@@H](CN)C3)C4)c(=O)n2)CC1.Cl. The summed E-state index contributed by atoms with van der Waals surface area (Å²) in [5.74, 6) is 1.36. The van der Waals surface area contributed by atoms with Gasteiger partial charge in [-0.3, -0.25) is 19.6 Å². The first-order valence-corrected chi connectivity index (χ1v) is 13.6. The lowest BCUT2D eigenvalue weighted by Crippen LogP contribution is -2.58. The maximum atomic E-state index is 12.8. The van der Waals surface area contributed by atoms with Crippen molar-refractivity contribution in [3.05, 3.63) is 46.5 Å². The van der Waals surface area contributed by atoms with E-state index >= 15 is 0 Å². The van der Waals surface area contributed by atoms with Gasteiger partial charge in [0.1, 0.15) is 18.2 Å². The molecule has 1 aromatic carbocycles. The second-order valence-electron chi connectivity index (χ2n) is 11.2. The summed E-state index contributed by atoms with van der Waals surface area (Å²) in [5.41, 5.74) is 12.1. The average Bonchev–Trinajstić information content (AvgIpc) is 3.41. The minimum Gasteiger partial charge on any atom is -0.492 e. The Hall–Kier alpha value is -3.19. The summed E-state index contributed by atoms with van der Waals surface area (Å²) in [7, 11) is 0. The molecule has 3 aliphatic rings. The van der Waals surface area contributed by atoms with E-state index in [1.54, 1.807) is 35.9 Å². The van der Waals surface area contributed by atoms with Gasteiger partial charge in [0.2, 0.25) is 5.91 Å². The number of nitrogens with two attached hydrogens (primary N) is 2. The summed E-state index contributed by atoms with van der Waals surface area (Å²) < 4.78 is 7.53. The largest absolute Gasteiger partial charge is 0.492 e. The summed E-state index contributed by atoms with van der Waals surface area (Å²) in [5, 5.41) is 2.69. The Balaban J connectivity index is 0.00000370. The number of anilines is 1. The Morgan fingerprint density at radius 2 is 1.85 bits per heavy atom. The van der Waals surface area contributed by atoms with Crippen LogP contribution in [0.15, 0.2) is 35.3 Å². The number of carbonyl (C=O) groups excluding carboxylic acids is 2. The highest BCUT2D eigenvalue weighted by molar-refractivity contribution is 5.89. The molecule has 40 heavy (non-hydrogen) atoms. The van der Waals surface area contributed by atoms with Crippen molar-refractivity contribution in [1.29, 1.82) is 0 Å². The van der Waals surface area contributed by atoms with Gasteiger partial charge in [-0.2, -0.15) is 4.98 Å². The van der Waals surface area contributed by atoms with Crippen LogP contribution in [0.5, 0.6) is 5.75 Å². The predicted molar refractivity (Wildman–Crippen MR) is 154 cm³/mol. The number of benzene rings is 1. The molecule has 3 aliphatic heterocycles. The van der Waals surface area contributed by atoms with E-state index in [1.807, 2.05) is 18.2 Å². The fourth-order valence-corrected chi connectivity index (χ4v) is 5.49. The van der Waals surface area contributed by atoms with Crippen LogP contribution in [-0.4, -0.2) is 100 Å². The van der Waals surface area contributed by atoms with Gasteiger partial charge < -0.3 is 26.0 Å². The summed E-state index contributed by atoms with van der Waals surface area (Å²) in [4.78, 5) is 47.7. The molecule has 1 aromatic heterocycles. The van der Waals surface area contributed by atoms with Gasteiger partial charge in [-0.25, -0.2) is 9.59 Å². The monoisotopic (exact) mass is 574 g/mol. The lowest BCUT2D eigenvalue weighted by atomic mass is 10.0. The number of ether oxygens (including phenoxy) is 1. The molecule has 12 nitrogen and oxygen atoms in total. The zero-order valence-electron chi connectivity index (χ0n) is 23.0. The third kappa shape index (κ3) is 6.41. The molecule has 0 spiro atoms. The van der Waals surface area contributed by atoms with E-state index in [9.17, 15) is 14.4 Å². The maximum absolute atomic E-state index is 12.8. The van der Waals surface area contributed by atoms with Crippen molar-refractivity contribution in [2.75, 3.05) is 57.7 Å². The van der Waals surface area contributed by atoms with Gasteiger partial charge in [0.25, 0.3) is 0 Å². The third-order valence-corrected chi connectivity index (χ3v) is 7.83. The van der Waals surface area contributed by atoms with Gasteiger partial charge in [0.15, 0.2) is 0 Å². The number of nitrogens with one attached hydrogen (secondary N) is 1. The lowest BCUT2D eigenvalue weighted by molar-refractivity contribution is -0.137. The molecule has 5 N–H and O–H groups in total. The molecule has 2 fully saturated rings. The molecule has 0 radical (unpaired) electrons. The van der Waals surface area contributed by atoms with Crippen LogP contribution in [-0.2, 0) is 11.2 Å². The van der Waals surface area contributed by atoms with Crippen LogP contribution in [0.1, 0.15) is 25.8 Å². The van der Waals surface area contributed by atoms with Gasteiger partial charge in [-0.05, 0) is 63.4 Å². The van der Waals surface area contributed by atoms with E-state index in [-0.39, 0.29) is 30.2 Å². The van der Waals surface area contributed by atoms with Crippen molar-refractivity contribution in [3.8, 4) is 11.4 Å². The standard InChI is InChI=1S/C27H38N8O4.ClH/c1-27(2,29)24(36)32-9-11-33(12-10-32)25(37)30-23-6-8-35(26(38)31-23)20-4-3-19-13-21(17-39-22(19)14-20)34-7-5-18(15-28)16-34;/h3-4,6,8,14,18,21H,5,7,9-13,15-17,28-29H2,1-2H3,(H,30,31,37,38);1H/t18-,21?;/m0./s1. The number of piperazine rings is 1. The Bertz CT molecular complexity index is 1290. The molecule has 0 aliphatic carbocycles. The number of hydrogen-bond donors (Lipinski definition) is 3. The van der Waals surface area contributed by atoms with Crippen LogP contribution in [0, 0.1) is 5.92 Å². The summed E-state index contributed by atoms with van der Waals surface area (Å²) in [6.07, 6.45) is 3.63. The van der Waals surface area contributed by atoms with E-state index < -0.39 is 11.2 Å². The van der Waals surface area contributed by atoms with Crippen molar-refractivity contribution in [2.24, 2.45) is 17.4 Å². The number of rotatable bonds is 5. The Morgan fingerprint density at radius 3 is 2.50 bits per heavy atom. The fraction of sp³-hybridized carbons (Fsp3) is 0.556. The maximum Gasteiger partial charge on any atom is 0.354 e. The highest BCUT2D eigenvalue weighted by Gasteiger charge is 2.32. The van der Waals surface area contributed by atoms with Gasteiger partial charge in [0.05, 0.1) is 11.2 Å². The minimum absolute atomic E-state index is 0. The zero-order valence-corrected chi connectivity index (χ0v) is 23.9. The van der Waals surface area contributed by atoms with Crippen molar-refractivity contribution >= 4 is 30.2 Å². The number of urea groups is 1. The number of halogens is 1. The summed E-state index contributed by atoms with van der Waals surface area (Å²) >= 11 is 0. The Morgan fingerprint density at radius 1 is 1.12 bits per heavy atom. The number of amides is 3. The highest BCUT2D eigenvalue weighted by Crippen LogP contribution is 2.30. The molecule has 0 saturated carbocycles. The van der Waals surface area contributed by atoms with E-state index in [0.717, 1.165) is 43.8 Å². The van der Waals surface area contributed by atoms with Crippen LogP contribution < -0.4 is 27.2 Å². The highest BCUT2D eigenvalue weighted by atomic mass is 35.5. The smallest absolute Gasteiger partial charge is 0.354 e. The Kier molecular flexibility index (Phi) is 9.03. The molecule has 1 unspecified atom stereocenters. The number of nitrogens with zero attached hydrogens (tertiary/aromatic N) is 5. The zero-order chi connectivity index (χ0) is 27.7. The molecule has 2 aromatic rings. The molecule has 13 heteroatoms. The summed E-state index contributed by atoms with van der Waals surface area (Å²) in [6, 6.07) is 7.32. The third-order valence-electron chi connectivity index (χ3n) is 7.83. The average molecular weight is 575 g/mol.